The van der Waals surface area contributed by atoms with Crippen LogP contribution in [0, 0.1) is 23.0 Å². The van der Waals surface area contributed by atoms with Gasteiger partial charge in [0.15, 0.2) is 0 Å². The highest BCUT2D eigenvalue weighted by atomic mass is 16.6. The van der Waals surface area contributed by atoms with E-state index in [1.807, 2.05) is 25.1 Å². The summed E-state index contributed by atoms with van der Waals surface area (Å²) in [5.74, 6) is -0.829. The van der Waals surface area contributed by atoms with Crippen molar-refractivity contribution in [3.05, 3.63) is 64.2 Å². The van der Waals surface area contributed by atoms with E-state index < -0.39 is 10.8 Å². The number of nitro groups is 1. The van der Waals surface area contributed by atoms with E-state index in [-0.39, 0.29) is 30.5 Å². The van der Waals surface area contributed by atoms with Gasteiger partial charge in [-0.15, -0.1) is 0 Å². The number of nitro benzene ring substituents is 1. The minimum Gasteiger partial charge on any atom is -0.326 e. The summed E-state index contributed by atoms with van der Waals surface area (Å²) in [7, 11) is 0. The molecule has 1 fully saturated rings. The van der Waals surface area contributed by atoms with Gasteiger partial charge in [0.2, 0.25) is 11.8 Å². The van der Waals surface area contributed by atoms with E-state index in [0.717, 1.165) is 5.56 Å². The van der Waals surface area contributed by atoms with Crippen molar-refractivity contribution in [3.8, 4) is 0 Å². The van der Waals surface area contributed by atoms with Gasteiger partial charge in [-0.3, -0.25) is 19.7 Å². The van der Waals surface area contributed by atoms with Gasteiger partial charge in [-0.25, -0.2) is 0 Å². The quantitative estimate of drug-likeness (QED) is 0.685. The molecule has 0 unspecified atom stereocenters. The molecule has 7 heteroatoms. The Bertz CT molecular complexity index is 832. The number of hydrogen-bond donors (Lipinski definition) is 1. The molecule has 2 aromatic rings. The minimum atomic E-state index is -0.492. The highest BCUT2D eigenvalue weighted by Crippen LogP contribution is 2.27. The summed E-state index contributed by atoms with van der Waals surface area (Å²) >= 11 is 0. The largest absolute Gasteiger partial charge is 0.326 e. The van der Waals surface area contributed by atoms with Gasteiger partial charge in [0.25, 0.3) is 5.69 Å². The Hall–Kier alpha value is -3.22. The third-order valence-electron chi connectivity index (χ3n) is 4.15. The molecule has 3 rings (SSSR count). The highest BCUT2D eigenvalue weighted by molar-refractivity contribution is 6.03. The average molecular weight is 339 g/mol. The number of aryl methyl sites for hydroxylation is 1. The van der Waals surface area contributed by atoms with Crippen LogP contribution in [0.2, 0.25) is 0 Å². The van der Waals surface area contributed by atoms with E-state index in [1.54, 1.807) is 6.07 Å². The number of nitrogens with zero attached hydrogens (tertiary/aromatic N) is 2. The number of carbonyl (C=O) groups excluding carboxylic acids is 2. The number of amides is 2. The van der Waals surface area contributed by atoms with Crippen molar-refractivity contribution in [3.63, 3.8) is 0 Å². The molecule has 0 radical (unpaired) electrons. The lowest BCUT2D eigenvalue weighted by Gasteiger charge is -2.16. The fourth-order valence-corrected chi connectivity index (χ4v) is 2.85. The normalized spacial score (nSPS) is 16.8. The molecule has 25 heavy (non-hydrogen) atoms. The Morgan fingerprint density at radius 1 is 1.24 bits per heavy atom. The standard InChI is InChI=1S/C18H17N3O4/c1-12-3-2-4-14(9-12)19-18(23)13-10-17(22)20(11-13)15-5-7-16(8-6-15)21(24)25/h2-9,13H,10-11H2,1H3,(H,19,23)/t13-/m0/s1. The molecule has 1 aliphatic heterocycles. The summed E-state index contributed by atoms with van der Waals surface area (Å²) in [6.07, 6.45) is 0.120. The summed E-state index contributed by atoms with van der Waals surface area (Å²) in [5.41, 5.74) is 2.25. The maximum atomic E-state index is 12.4. The highest BCUT2D eigenvalue weighted by Gasteiger charge is 2.35. The third kappa shape index (κ3) is 3.65. The second kappa shape index (κ2) is 6.72. The van der Waals surface area contributed by atoms with Crippen LogP contribution in [0.5, 0.6) is 0 Å². The summed E-state index contributed by atoms with van der Waals surface area (Å²) in [6.45, 7) is 2.19. The van der Waals surface area contributed by atoms with Crippen LogP contribution >= 0.6 is 0 Å². The van der Waals surface area contributed by atoms with Crippen LogP contribution in [0.1, 0.15) is 12.0 Å². The van der Waals surface area contributed by atoms with Crippen molar-refractivity contribution in [1.29, 1.82) is 0 Å². The molecule has 0 aliphatic carbocycles. The molecule has 0 aromatic heterocycles. The summed E-state index contributed by atoms with van der Waals surface area (Å²) in [6, 6.07) is 13.2. The molecule has 7 nitrogen and oxygen atoms in total. The number of rotatable bonds is 4. The zero-order valence-corrected chi connectivity index (χ0v) is 13.6. The van der Waals surface area contributed by atoms with Crippen molar-refractivity contribution < 1.29 is 14.5 Å². The molecule has 0 spiro atoms. The molecular formula is C18H17N3O4. The van der Waals surface area contributed by atoms with E-state index >= 15 is 0 Å². The number of non-ortho nitro benzene ring substituents is 1. The van der Waals surface area contributed by atoms with Crippen molar-refractivity contribution in [2.24, 2.45) is 5.92 Å². The smallest absolute Gasteiger partial charge is 0.269 e. The predicted molar refractivity (Wildman–Crippen MR) is 93.4 cm³/mol. The van der Waals surface area contributed by atoms with E-state index in [0.29, 0.717) is 11.4 Å². The number of benzene rings is 2. The van der Waals surface area contributed by atoms with Gasteiger partial charge in [-0.2, -0.15) is 0 Å². The molecule has 2 amide bonds. The maximum Gasteiger partial charge on any atom is 0.269 e. The summed E-state index contributed by atoms with van der Waals surface area (Å²) in [5, 5.41) is 13.5. The Labute approximate surface area is 144 Å². The molecule has 1 aliphatic rings. The van der Waals surface area contributed by atoms with E-state index in [2.05, 4.69) is 5.32 Å². The molecule has 0 bridgehead atoms. The van der Waals surface area contributed by atoms with Gasteiger partial charge in [-0.1, -0.05) is 12.1 Å². The Morgan fingerprint density at radius 3 is 2.60 bits per heavy atom. The minimum absolute atomic E-state index is 0.0378. The number of hydrogen-bond acceptors (Lipinski definition) is 4. The van der Waals surface area contributed by atoms with Crippen LogP contribution in [0.3, 0.4) is 0 Å². The number of nitrogens with one attached hydrogen (secondary N) is 1. The van der Waals surface area contributed by atoms with Crippen molar-refractivity contribution >= 4 is 28.9 Å². The van der Waals surface area contributed by atoms with Gasteiger partial charge >= 0.3 is 0 Å². The van der Waals surface area contributed by atoms with Crippen LogP contribution in [0.25, 0.3) is 0 Å². The van der Waals surface area contributed by atoms with Crippen LogP contribution in [0.4, 0.5) is 17.1 Å². The lowest BCUT2D eigenvalue weighted by molar-refractivity contribution is -0.384. The van der Waals surface area contributed by atoms with Gasteiger partial charge in [0.1, 0.15) is 0 Å². The molecule has 0 saturated carbocycles. The first-order valence-corrected chi connectivity index (χ1v) is 7.86. The van der Waals surface area contributed by atoms with Crippen LogP contribution in [-0.4, -0.2) is 23.3 Å². The first kappa shape index (κ1) is 16.6. The van der Waals surface area contributed by atoms with E-state index in [1.165, 1.54) is 29.2 Å². The molecule has 1 saturated heterocycles. The first-order chi connectivity index (χ1) is 11.9. The lowest BCUT2D eigenvalue weighted by Crippen LogP contribution is -2.28. The van der Waals surface area contributed by atoms with Crippen LogP contribution in [-0.2, 0) is 9.59 Å². The molecule has 1 N–H and O–H groups in total. The fourth-order valence-electron chi connectivity index (χ4n) is 2.85. The summed E-state index contributed by atoms with van der Waals surface area (Å²) in [4.78, 5) is 36.3. The molecule has 2 aromatic carbocycles. The van der Waals surface area contributed by atoms with Crippen LogP contribution in [0.15, 0.2) is 48.5 Å². The van der Waals surface area contributed by atoms with Crippen LogP contribution < -0.4 is 10.2 Å². The van der Waals surface area contributed by atoms with E-state index in [9.17, 15) is 19.7 Å². The fraction of sp³-hybridized carbons (Fsp3) is 0.222. The van der Waals surface area contributed by atoms with Crippen molar-refractivity contribution in [2.45, 2.75) is 13.3 Å². The zero-order chi connectivity index (χ0) is 18.0. The summed E-state index contributed by atoms with van der Waals surface area (Å²) < 4.78 is 0. The van der Waals surface area contributed by atoms with Crippen molar-refractivity contribution in [1.82, 2.24) is 0 Å². The maximum absolute atomic E-state index is 12.4. The van der Waals surface area contributed by atoms with Crippen molar-refractivity contribution in [2.75, 3.05) is 16.8 Å². The Morgan fingerprint density at radius 2 is 1.96 bits per heavy atom. The topological polar surface area (TPSA) is 92.6 Å². The lowest BCUT2D eigenvalue weighted by atomic mass is 10.1. The predicted octanol–water partition coefficient (Wildman–Crippen LogP) is 2.89. The molecule has 1 heterocycles. The van der Waals surface area contributed by atoms with Gasteiger partial charge in [0.05, 0.1) is 10.8 Å². The second-order valence-corrected chi connectivity index (χ2v) is 6.04. The number of carbonyl (C=O) groups is 2. The molecule has 128 valence electrons. The third-order valence-corrected chi connectivity index (χ3v) is 4.15. The zero-order valence-electron chi connectivity index (χ0n) is 13.6. The number of anilines is 2. The van der Waals surface area contributed by atoms with E-state index in [4.69, 9.17) is 0 Å². The first-order valence-electron chi connectivity index (χ1n) is 7.86. The van der Waals surface area contributed by atoms with Gasteiger partial charge in [-0.05, 0) is 36.8 Å². The van der Waals surface area contributed by atoms with Gasteiger partial charge in [0, 0.05) is 36.5 Å². The monoisotopic (exact) mass is 339 g/mol. The SMILES string of the molecule is Cc1cccc(NC(=O)[C@H]2CC(=O)N(c3ccc([N+](=O)[O-])cc3)C2)c1. The Kier molecular flexibility index (Phi) is 4.47. The molecule has 1 atom stereocenters. The molecular weight excluding hydrogens is 322 g/mol. The second-order valence-electron chi connectivity index (χ2n) is 6.04. The average Bonchev–Trinajstić information content (AvgIpc) is 2.97. The van der Waals surface area contributed by atoms with Gasteiger partial charge < -0.3 is 10.2 Å². The Balaban J connectivity index is 1.69.